The van der Waals surface area contributed by atoms with Crippen LogP contribution in [0.2, 0.25) is 0 Å². The number of carbonyl (C=O) groups is 1. The molecule has 2 heteroatoms. The maximum Gasteiger partial charge on any atom is 0.224 e. The molecule has 2 aliphatic carbocycles. The molecule has 2 nitrogen and oxygen atoms in total. The van der Waals surface area contributed by atoms with Crippen LogP contribution in [0.1, 0.15) is 30.4 Å². The summed E-state index contributed by atoms with van der Waals surface area (Å²) in [5.74, 6) is 0.548. The second-order valence-corrected chi connectivity index (χ2v) is 6.13. The topological polar surface area (TPSA) is 29.1 Å². The van der Waals surface area contributed by atoms with Gasteiger partial charge in [-0.1, -0.05) is 36.4 Å². The van der Waals surface area contributed by atoms with E-state index in [2.05, 4.69) is 47.8 Å². The first-order valence-corrected chi connectivity index (χ1v) is 7.81. The Balaban J connectivity index is 1.62. The van der Waals surface area contributed by atoms with E-state index < -0.39 is 0 Å². The lowest BCUT2D eigenvalue weighted by atomic mass is 10.0. The van der Waals surface area contributed by atoms with Crippen LogP contribution in [0.15, 0.2) is 42.5 Å². The Bertz CT molecular complexity index is 734. The number of carbonyl (C=O) groups excluding carboxylic acids is 1. The van der Waals surface area contributed by atoms with Gasteiger partial charge in [-0.25, -0.2) is 0 Å². The summed E-state index contributed by atoms with van der Waals surface area (Å²) in [6.45, 7) is 0. The van der Waals surface area contributed by atoms with Crippen LogP contribution in [-0.2, 0) is 17.6 Å². The Morgan fingerprint density at radius 3 is 2.81 bits per heavy atom. The zero-order valence-electron chi connectivity index (χ0n) is 12.1. The van der Waals surface area contributed by atoms with Crippen molar-refractivity contribution in [3.63, 3.8) is 0 Å². The van der Waals surface area contributed by atoms with Crippen molar-refractivity contribution in [1.29, 1.82) is 0 Å². The largest absolute Gasteiger partial charge is 0.325 e. The predicted molar refractivity (Wildman–Crippen MR) is 86.5 cm³/mol. The third-order valence-electron chi connectivity index (χ3n) is 4.71. The maximum atomic E-state index is 12.3. The highest BCUT2D eigenvalue weighted by molar-refractivity contribution is 6.05. The highest BCUT2D eigenvalue weighted by atomic mass is 16.1. The molecule has 2 aromatic rings. The molecule has 2 aromatic carbocycles. The molecule has 0 spiro atoms. The van der Waals surface area contributed by atoms with Gasteiger partial charge >= 0.3 is 0 Å². The van der Waals surface area contributed by atoms with Gasteiger partial charge in [0.25, 0.3) is 0 Å². The van der Waals surface area contributed by atoms with Gasteiger partial charge in [-0.2, -0.15) is 0 Å². The van der Waals surface area contributed by atoms with Crippen molar-refractivity contribution in [1.82, 2.24) is 0 Å². The Kier molecular flexibility index (Phi) is 3.03. The van der Waals surface area contributed by atoms with Gasteiger partial charge in [0.1, 0.15) is 0 Å². The molecule has 0 saturated heterocycles. The number of nitrogens with one attached hydrogen (secondary N) is 1. The molecule has 2 aliphatic rings. The van der Waals surface area contributed by atoms with Crippen LogP contribution in [0.25, 0.3) is 10.8 Å². The van der Waals surface area contributed by atoms with E-state index in [-0.39, 0.29) is 5.91 Å². The second-order valence-electron chi connectivity index (χ2n) is 6.13. The van der Waals surface area contributed by atoms with Crippen molar-refractivity contribution in [3.05, 3.63) is 53.6 Å². The molecule has 0 fully saturated rings. The summed E-state index contributed by atoms with van der Waals surface area (Å²) in [5, 5.41) is 5.67. The fraction of sp³-hybridized carbons (Fsp3) is 0.316. The van der Waals surface area contributed by atoms with Gasteiger partial charge in [0, 0.05) is 17.5 Å². The Labute approximate surface area is 124 Å². The monoisotopic (exact) mass is 277 g/mol. The van der Waals surface area contributed by atoms with Crippen LogP contribution < -0.4 is 5.32 Å². The van der Waals surface area contributed by atoms with Gasteiger partial charge in [-0.05, 0) is 54.2 Å². The van der Waals surface area contributed by atoms with Gasteiger partial charge < -0.3 is 5.32 Å². The molecule has 106 valence electrons. The standard InChI is InChI=1S/C19H19NO/c21-18(12-13-4-1-2-5-13)20-17-11-10-15-9-8-14-6-3-7-16(17)19(14)15/h1,3-4,6-7,10-11,13H,2,5,8-9,12H2,(H,20,21). The molecule has 1 atom stereocenters. The van der Waals surface area contributed by atoms with Crippen molar-refractivity contribution in [2.45, 2.75) is 32.1 Å². The summed E-state index contributed by atoms with van der Waals surface area (Å²) in [7, 11) is 0. The number of rotatable bonds is 3. The number of amides is 1. The molecule has 1 N–H and O–H groups in total. The third-order valence-corrected chi connectivity index (χ3v) is 4.71. The fourth-order valence-electron chi connectivity index (χ4n) is 3.66. The molecule has 1 unspecified atom stereocenters. The lowest BCUT2D eigenvalue weighted by molar-refractivity contribution is -0.116. The normalized spacial score (nSPS) is 19.3. The average Bonchev–Trinajstić information content (AvgIpc) is 3.13. The quantitative estimate of drug-likeness (QED) is 0.836. The van der Waals surface area contributed by atoms with Crippen molar-refractivity contribution in [3.8, 4) is 0 Å². The van der Waals surface area contributed by atoms with Crippen LogP contribution in [0.4, 0.5) is 5.69 Å². The van der Waals surface area contributed by atoms with Crippen molar-refractivity contribution in [2.24, 2.45) is 5.92 Å². The molecule has 0 saturated carbocycles. The van der Waals surface area contributed by atoms with Crippen LogP contribution >= 0.6 is 0 Å². The lowest BCUT2D eigenvalue weighted by Crippen LogP contribution is -2.15. The Morgan fingerprint density at radius 1 is 1.14 bits per heavy atom. The number of aryl methyl sites for hydroxylation is 2. The number of anilines is 1. The minimum atomic E-state index is 0.130. The fourth-order valence-corrected chi connectivity index (χ4v) is 3.66. The molecule has 1 amide bonds. The highest BCUT2D eigenvalue weighted by Gasteiger charge is 2.18. The molecule has 0 bridgehead atoms. The molecule has 0 heterocycles. The third kappa shape index (κ3) is 2.25. The molecule has 0 aromatic heterocycles. The summed E-state index contributed by atoms with van der Waals surface area (Å²) >= 11 is 0. The first-order valence-electron chi connectivity index (χ1n) is 7.81. The van der Waals surface area contributed by atoms with Crippen molar-refractivity contribution >= 4 is 22.4 Å². The first-order chi connectivity index (χ1) is 10.3. The van der Waals surface area contributed by atoms with Gasteiger partial charge in [0.05, 0.1) is 0 Å². The van der Waals surface area contributed by atoms with Gasteiger partial charge in [0.15, 0.2) is 0 Å². The summed E-state index contributed by atoms with van der Waals surface area (Å²) in [4.78, 5) is 12.3. The number of benzene rings is 2. The zero-order chi connectivity index (χ0) is 14.2. The van der Waals surface area contributed by atoms with E-state index in [1.54, 1.807) is 0 Å². The molecule has 4 rings (SSSR count). The van der Waals surface area contributed by atoms with E-state index in [0.717, 1.165) is 31.4 Å². The molecule has 0 radical (unpaired) electrons. The van der Waals surface area contributed by atoms with E-state index >= 15 is 0 Å². The Morgan fingerprint density at radius 2 is 2.00 bits per heavy atom. The summed E-state index contributed by atoms with van der Waals surface area (Å²) in [6, 6.07) is 10.7. The van der Waals surface area contributed by atoms with E-state index in [1.807, 2.05) is 0 Å². The Hall–Kier alpha value is -2.09. The number of hydrogen-bond acceptors (Lipinski definition) is 1. The highest BCUT2D eigenvalue weighted by Crippen LogP contribution is 2.35. The number of hydrogen-bond donors (Lipinski definition) is 1. The number of allylic oxidation sites excluding steroid dienone is 2. The first kappa shape index (κ1) is 12.6. The molecular weight excluding hydrogens is 258 g/mol. The van der Waals surface area contributed by atoms with Crippen LogP contribution in [0.3, 0.4) is 0 Å². The SMILES string of the molecule is O=C(CC1C=CCC1)Nc1ccc2c3c(cccc13)CC2. The van der Waals surface area contributed by atoms with Gasteiger partial charge in [0.2, 0.25) is 5.91 Å². The summed E-state index contributed by atoms with van der Waals surface area (Å²) < 4.78 is 0. The van der Waals surface area contributed by atoms with Gasteiger partial charge in [-0.3, -0.25) is 4.79 Å². The van der Waals surface area contributed by atoms with E-state index in [1.165, 1.54) is 21.9 Å². The maximum absolute atomic E-state index is 12.3. The molecule has 0 aliphatic heterocycles. The van der Waals surface area contributed by atoms with Crippen LogP contribution in [-0.4, -0.2) is 5.91 Å². The predicted octanol–water partition coefficient (Wildman–Crippen LogP) is 4.23. The smallest absolute Gasteiger partial charge is 0.224 e. The minimum Gasteiger partial charge on any atom is -0.325 e. The average molecular weight is 277 g/mol. The molecular formula is C19H19NO. The lowest BCUT2D eigenvalue weighted by Gasteiger charge is -2.12. The van der Waals surface area contributed by atoms with E-state index in [9.17, 15) is 4.79 Å². The van der Waals surface area contributed by atoms with Gasteiger partial charge in [-0.15, -0.1) is 0 Å². The molecule has 21 heavy (non-hydrogen) atoms. The van der Waals surface area contributed by atoms with Crippen molar-refractivity contribution < 1.29 is 4.79 Å². The van der Waals surface area contributed by atoms with Crippen molar-refractivity contribution in [2.75, 3.05) is 5.32 Å². The summed E-state index contributed by atoms with van der Waals surface area (Å²) in [6.07, 6.45) is 9.41. The second kappa shape index (κ2) is 5.03. The zero-order valence-corrected chi connectivity index (χ0v) is 12.1. The van der Waals surface area contributed by atoms with E-state index in [4.69, 9.17) is 0 Å². The van der Waals surface area contributed by atoms with Crippen LogP contribution in [0.5, 0.6) is 0 Å². The minimum absolute atomic E-state index is 0.130. The van der Waals surface area contributed by atoms with Crippen LogP contribution in [0, 0.1) is 5.92 Å². The van der Waals surface area contributed by atoms with E-state index in [0.29, 0.717) is 12.3 Å². The summed E-state index contributed by atoms with van der Waals surface area (Å²) in [5.41, 5.74) is 3.79.